The topological polar surface area (TPSA) is 17.1 Å². The van der Waals surface area contributed by atoms with E-state index in [4.69, 9.17) is 11.6 Å². The molecule has 6 heteroatoms. The zero-order chi connectivity index (χ0) is 12.3. The van der Waals surface area contributed by atoms with Gasteiger partial charge in [0.2, 0.25) is 0 Å². The molecule has 0 unspecified atom stereocenters. The Bertz CT molecular complexity index is 404. The summed E-state index contributed by atoms with van der Waals surface area (Å²) in [4.78, 5) is 10.8. The molecule has 0 amide bonds. The van der Waals surface area contributed by atoms with Gasteiger partial charge in [0.25, 0.3) is 0 Å². The Morgan fingerprint density at radius 2 is 2.06 bits per heavy atom. The van der Waals surface area contributed by atoms with E-state index in [1.165, 1.54) is 19.1 Å². The lowest BCUT2D eigenvalue weighted by Crippen LogP contribution is -2.01. The normalized spacial score (nSPS) is 11.6. The van der Waals surface area contributed by atoms with E-state index in [0.29, 0.717) is 5.56 Å². The maximum atomic E-state index is 12.2. The maximum absolute atomic E-state index is 12.2. The van der Waals surface area contributed by atoms with E-state index < -0.39 is 5.51 Å². The molecule has 0 fully saturated rings. The summed E-state index contributed by atoms with van der Waals surface area (Å²) >= 11 is 5.51. The van der Waals surface area contributed by atoms with Crippen molar-refractivity contribution in [1.82, 2.24) is 0 Å². The monoisotopic (exact) mass is 268 g/mol. The third-order valence-electron chi connectivity index (χ3n) is 1.71. The van der Waals surface area contributed by atoms with Crippen molar-refractivity contribution < 1.29 is 18.0 Å². The van der Waals surface area contributed by atoms with E-state index in [1.54, 1.807) is 6.07 Å². The first-order valence-electron chi connectivity index (χ1n) is 4.32. The van der Waals surface area contributed by atoms with E-state index in [9.17, 15) is 18.0 Å². The second kappa shape index (κ2) is 5.10. The quantitative estimate of drug-likeness (QED) is 0.768. The van der Waals surface area contributed by atoms with Gasteiger partial charge in [-0.25, -0.2) is 0 Å². The van der Waals surface area contributed by atoms with Gasteiger partial charge in [-0.3, -0.25) is 4.79 Å². The van der Waals surface area contributed by atoms with Gasteiger partial charge in [0.05, 0.1) is 5.02 Å². The molecule has 0 aromatic heterocycles. The molecule has 1 aromatic rings. The molecule has 1 nitrogen and oxygen atoms in total. The van der Waals surface area contributed by atoms with Gasteiger partial charge in [0.1, 0.15) is 5.78 Å². The number of thioether (sulfide) groups is 1. The number of benzene rings is 1. The van der Waals surface area contributed by atoms with Crippen LogP contribution in [0.2, 0.25) is 5.02 Å². The van der Waals surface area contributed by atoms with Crippen molar-refractivity contribution in [2.24, 2.45) is 0 Å². The van der Waals surface area contributed by atoms with Crippen LogP contribution in [0.5, 0.6) is 0 Å². The van der Waals surface area contributed by atoms with E-state index in [2.05, 4.69) is 0 Å². The third-order valence-corrected chi connectivity index (χ3v) is 3.06. The van der Waals surface area contributed by atoms with Crippen LogP contribution in [0.4, 0.5) is 13.2 Å². The molecule has 1 rings (SSSR count). The summed E-state index contributed by atoms with van der Waals surface area (Å²) < 4.78 is 36.5. The summed E-state index contributed by atoms with van der Waals surface area (Å²) in [5, 5.41) is 0.0000231. The smallest absolute Gasteiger partial charge is 0.300 e. The van der Waals surface area contributed by atoms with Crippen molar-refractivity contribution in [2.75, 3.05) is 0 Å². The molecule has 88 valence electrons. The number of halogens is 4. The van der Waals surface area contributed by atoms with E-state index in [-0.39, 0.29) is 33.9 Å². The molecule has 0 N–H and O–H groups in total. The van der Waals surface area contributed by atoms with Crippen LogP contribution in [0, 0.1) is 0 Å². The highest BCUT2D eigenvalue weighted by Crippen LogP contribution is 2.41. The summed E-state index contributed by atoms with van der Waals surface area (Å²) in [6.07, 6.45) is 0.0467. The lowest BCUT2D eigenvalue weighted by molar-refractivity contribution is -0.116. The first-order valence-corrected chi connectivity index (χ1v) is 5.51. The van der Waals surface area contributed by atoms with E-state index >= 15 is 0 Å². The first kappa shape index (κ1) is 13.4. The third kappa shape index (κ3) is 4.06. The Morgan fingerprint density at radius 3 is 2.56 bits per heavy atom. The molecular weight excluding hydrogens is 261 g/mol. The predicted octanol–water partition coefficient (Wildman–Crippen LogP) is 4.08. The molecule has 0 aliphatic carbocycles. The molecule has 0 spiro atoms. The second-order valence-corrected chi connectivity index (χ2v) is 4.64. The van der Waals surface area contributed by atoms with Gasteiger partial charge in [0.15, 0.2) is 0 Å². The molecular formula is C10H8ClF3OS. The lowest BCUT2D eigenvalue weighted by atomic mass is 10.1. The summed E-state index contributed by atoms with van der Waals surface area (Å²) in [7, 11) is 0. The number of rotatable bonds is 3. The molecule has 1 aromatic carbocycles. The van der Waals surface area contributed by atoms with Crippen LogP contribution in [0.25, 0.3) is 0 Å². The van der Waals surface area contributed by atoms with Crippen molar-refractivity contribution in [1.29, 1.82) is 0 Å². The fraction of sp³-hybridized carbons (Fsp3) is 0.300. The van der Waals surface area contributed by atoms with Crippen LogP contribution in [-0.2, 0) is 11.2 Å². The fourth-order valence-corrected chi connectivity index (χ4v) is 2.09. The van der Waals surface area contributed by atoms with Gasteiger partial charge in [-0.05, 0) is 30.3 Å². The molecule has 0 saturated heterocycles. The number of carbonyl (C=O) groups is 1. The van der Waals surface area contributed by atoms with Crippen LogP contribution in [0.3, 0.4) is 0 Å². The van der Waals surface area contributed by atoms with Crippen molar-refractivity contribution in [2.45, 2.75) is 23.7 Å². The second-order valence-electron chi connectivity index (χ2n) is 3.16. The minimum Gasteiger partial charge on any atom is -0.300 e. The van der Waals surface area contributed by atoms with Gasteiger partial charge in [-0.15, -0.1) is 0 Å². The molecule has 0 bridgehead atoms. The molecule has 0 radical (unpaired) electrons. The Kier molecular flexibility index (Phi) is 4.27. The van der Waals surface area contributed by atoms with E-state index in [0.717, 1.165) is 0 Å². The molecule has 0 heterocycles. The highest BCUT2D eigenvalue weighted by atomic mass is 35.5. The van der Waals surface area contributed by atoms with Crippen LogP contribution in [0.1, 0.15) is 12.5 Å². The van der Waals surface area contributed by atoms with Crippen LogP contribution >= 0.6 is 23.4 Å². The van der Waals surface area contributed by atoms with Crippen molar-refractivity contribution in [3.05, 3.63) is 28.8 Å². The van der Waals surface area contributed by atoms with Crippen molar-refractivity contribution in [3.8, 4) is 0 Å². The average Bonchev–Trinajstić information content (AvgIpc) is 2.09. The molecule has 16 heavy (non-hydrogen) atoms. The number of hydrogen-bond acceptors (Lipinski definition) is 2. The number of carbonyl (C=O) groups excluding carboxylic acids is 1. The Hall–Kier alpha value is -0.680. The molecule has 0 atom stereocenters. The zero-order valence-electron chi connectivity index (χ0n) is 8.27. The standard InChI is InChI=1S/C10H8ClF3OS/c1-6(15)5-7-3-2-4-8(9(7)11)16-10(12,13)14/h2-4H,5H2,1H3. The SMILES string of the molecule is CC(=O)Cc1cccc(SC(F)(F)F)c1Cl. The van der Waals surface area contributed by atoms with Gasteiger partial charge >= 0.3 is 5.51 Å². The summed E-state index contributed by atoms with van der Waals surface area (Å²) in [6.45, 7) is 1.36. The van der Waals surface area contributed by atoms with E-state index in [1.807, 2.05) is 0 Å². The average molecular weight is 269 g/mol. The summed E-state index contributed by atoms with van der Waals surface area (Å²) in [6, 6.07) is 4.28. The largest absolute Gasteiger partial charge is 0.446 e. The van der Waals surface area contributed by atoms with Crippen LogP contribution < -0.4 is 0 Å². The minimum absolute atomic E-state index is 0.0000231. The van der Waals surface area contributed by atoms with Crippen molar-refractivity contribution >= 4 is 29.1 Å². The summed E-state index contributed by atoms with van der Waals surface area (Å²) in [5.74, 6) is -0.143. The molecule has 0 aliphatic heterocycles. The Balaban J connectivity index is 2.99. The van der Waals surface area contributed by atoms with Crippen LogP contribution in [0.15, 0.2) is 23.1 Å². The maximum Gasteiger partial charge on any atom is 0.446 e. The fourth-order valence-electron chi connectivity index (χ4n) is 1.16. The number of Topliss-reactive ketones (excluding diaryl/α,β-unsaturated/α-hetero) is 1. The van der Waals surface area contributed by atoms with Gasteiger partial charge in [0, 0.05) is 11.3 Å². The number of ketones is 1. The Labute approximate surface area is 100.0 Å². The number of hydrogen-bond donors (Lipinski definition) is 0. The van der Waals surface area contributed by atoms with Gasteiger partial charge in [-0.1, -0.05) is 23.7 Å². The van der Waals surface area contributed by atoms with Crippen LogP contribution in [-0.4, -0.2) is 11.3 Å². The lowest BCUT2D eigenvalue weighted by Gasteiger charge is -2.09. The molecule has 0 saturated carbocycles. The highest BCUT2D eigenvalue weighted by Gasteiger charge is 2.30. The minimum atomic E-state index is -4.38. The van der Waals surface area contributed by atoms with Gasteiger partial charge < -0.3 is 0 Å². The number of alkyl halides is 3. The van der Waals surface area contributed by atoms with Gasteiger partial charge in [-0.2, -0.15) is 13.2 Å². The summed E-state index contributed by atoms with van der Waals surface area (Å²) in [5.41, 5.74) is -3.96. The first-order chi connectivity index (χ1) is 7.29. The zero-order valence-corrected chi connectivity index (χ0v) is 9.84. The predicted molar refractivity (Wildman–Crippen MR) is 57.7 cm³/mol. The molecule has 0 aliphatic rings. The Morgan fingerprint density at radius 1 is 1.44 bits per heavy atom. The highest BCUT2D eigenvalue weighted by molar-refractivity contribution is 8.00. The van der Waals surface area contributed by atoms with Crippen molar-refractivity contribution in [3.63, 3.8) is 0 Å².